The van der Waals surface area contributed by atoms with Gasteiger partial charge in [-0.15, -0.1) is 0 Å². The Kier molecular flexibility index (Phi) is 6.81. The predicted octanol–water partition coefficient (Wildman–Crippen LogP) is 4.15. The fraction of sp³-hybridized carbons (Fsp3) is 0.154. The highest BCUT2D eigenvalue weighted by atomic mass is 32.2. The standard InChI is InChI=1S/C26H23FN2O5S/c1-17-7-10-19-14-20(25(30)28-23(19)13-17)16-29(15-18-8-11-21(27)12-9-18)35(32,33)24-6-4-3-5-22(24)26(31)34-2/h3-14H,15-16H2,1-2H3,(H,28,30). The molecule has 3 aromatic carbocycles. The molecule has 0 unspecified atom stereocenters. The van der Waals surface area contributed by atoms with E-state index in [0.717, 1.165) is 15.3 Å². The molecule has 0 amide bonds. The molecule has 7 nitrogen and oxygen atoms in total. The summed E-state index contributed by atoms with van der Waals surface area (Å²) in [7, 11) is -3.12. The van der Waals surface area contributed by atoms with Crippen molar-refractivity contribution < 1.29 is 22.3 Å². The van der Waals surface area contributed by atoms with Gasteiger partial charge in [0.15, 0.2) is 0 Å². The van der Waals surface area contributed by atoms with Crippen LogP contribution < -0.4 is 5.56 Å². The Bertz CT molecular complexity index is 1560. The van der Waals surface area contributed by atoms with Gasteiger partial charge in [0.1, 0.15) is 5.82 Å². The number of aromatic nitrogens is 1. The van der Waals surface area contributed by atoms with Crippen LogP contribution in [-0.4, -0.2) is 30.8 Å². The van der Waals surface area contributed by atoms with E-state index in [9.17, 15) is 22.4 Å². The molecule has 0 saturated heterocycles. The van der Waals surface area contributed by atoms with E-state index in [4.69, 9.17) is 4.74 Å². The highest BCUT2D eigenvalue weighted by Crippen LogP contribution is 2.25. The minimum absolute atomic E-state index is 0.123. The van der Waals surface area contributed by atoms with Crippen molar-refractivity contribution in [3.05, 3.63) is 111 Å². The molecule has 0 aliphatic carbocycles. The number of aromatic amines is 1. The number of methoxy groups -OCH3 is 1. The molecule has 1 heterocycles. The van der Waals surface area contributed by atoms with Crippen molar-refractivity contribution in [1.82, 2.24) is 9.29 Å². The molecule has 35 heavy (non-hydrogen) atoms. The van der Waals surface area contributed by atoms with Gasteiger partial charge in [-0.1, -0.05) is 36.4 Å². The number of pyridine rings is 1. The molecular formula is C26H23FN2O5S. The third-order valence-electron chi connectivity index (χ3n) is 5.61. The van der Waals surface area contributed by atoms with Gasteiger partial charge >= 0.3 is 5.97 Å². The lowest BCUT2D eigenvalue weighted by molar-refractivity contribution is 0.0596. The first kappa shape index (κ1) is 24.3. The van der Waals surface area contributed by atoms with Crippen molar-refractivity contribution >= 4 is 26.9 Å². The second-order valence-electron chi connectivity index (χ2n) is 8.10. The Morgan fingerprint density at radius 3 is 2.43 bits per heavy atom. The lowest BCUT2D eigenvalue weighted by Gasteiger charge is -2.23. The summed E-state index contributed by atoms with van der Waals surface area (Å²) in [5.41, 5.74) is 1.80. The topological polar surface area (TPSA) is 96.5 Å². The molecule has 0 aliphatic rings. The lowest BCUT2D eigenvalue weighted by atomic mass is 10.1. The molecule has 4 rings (SSSR count). The van der Waals surface area contributed by atoms with Crippen LogP contribution in [0.25, 0.3) is 10.9 Å². The Balaban J connectivity index is 1.82. The summed E-state index contributed by atoms with van der Waals surface area (Å²) < 4.78 is 46.9. The summed E-state index contributed by atoms with van der Waals surface area (Å²) in [5.74, 6) is -1.26. The molecule has 180 valence electrons. The highest BCUT2D eigenvalue weighted by molar-refractivity contribution is 7.89. The van der Waals surface area contributed by atoms with E-state index in [0.29, 0.717) is 11.1 Å². The van der Waals surface area contributed by atoms with Crippen molar-refractivity contribution in [3.63, 3.8) is 0 Å². The number of nitrogens with one attached hydrogen (secondary N) is 1. The minimum Gasteiger partial charge on any atom is -0.465 e. The Labute approximate surface area is 201 Å². The predicted molar refractivity (Wildman–Crippen MR) is 130 cm³/mol. The molecule has 0 atom stereocenters. The number of aryl methyl sites for hydroxylation is 1. The summed E-state index contributed by atoms with van der Waals surface area (Å²) >= 11 is 0. The highest BCUT2D eigenvalue weighted by Gasteiger charge is 2.30. The first-order valence-electron chi connectivity index (χ1n) is 10.7. The fourth-order valence-electron chi connectivity index (χ4n) is 3.80. The quantitative estimate of drug-likeness (QED) is 0.389. The number of carbonyl (C=O) groups is 1. The van der Waals surface area contributed by atoms with Crippen LogP contribution in [0.1, 0.15) is 27.0 Å². The molecule has 9 heteroatoms. The van der Waals surface area contributed by atoms with Gasteiger partial charge < -0.3 is 9.72 Å². The summed E-state index contributed by atoms with van der Waals surface area (Å²) in [4.78, 5) is 27.7. The van der Waals surface area contributed by atoms with Gasteiger partial charge in [-0.25, -0.2) is 17.6 Å². The summed E-state index contributed by atoms with van der Waals surface area (Å²) in [6, 6.07) is 18.3. The molecule has 0 aliphatic heterocycles. The maximum absolute atomic E-state index is 13.8. The van der Waals surface area contributed by atoms with Gasteiger partial charge in [-0.2, -0.15) is 4.31 Å². The number of hydrogen-bond donors (Lipinski definition) is 1. The number of ether oxygens (including phenoxy) is 1. The molecule has 4 aromatic rings. The smallest absolute Gasteiger partial charge is 0.339 e. The maximum Gasteiger partial charge on any atom is 0.339 e. The SMILES string of the molecule is COC(=O)c1ccccc1S(=O)(=O)N(Cc1ccc(F)cc1)Cc1cc2ccc(C)cc2[nH]c1=O. The largest absolute Gasteiger partial charge is 0.465 e. The van der Waals surface area contributed by atoms with E-state index >= 15 is 0 Å². The number of hydrogen-bond acceptors (Lipinski definition) is 5. The zero-order valence-electron chi connectivity index (χ0n) is 19.1. The molecule has 0 bridgehead atoms. The molecule has 0 radical (unpaired) electrons. The van der Waals surface area contributed by atoms with Gasteiger partial charge in [0.2, 0.25) is 10.0 Å². The van der Waals surface area contributed by atoms with Crippen LogP contribution in [-0.2, 0) is 27.8 Å². The Hall–Kier alpha value is -3.82. The zero-order chi connectivity index (χ0) is 25.2. The number of fused-ring (bicyclic) bond motifs is 1. The van der Waals surface area contributed by atoms with E-state index in [1.165, 1.54) is 55.6 Å². The van der Waals surface area contributed by atoms with E-state index in [-0.39, 0.29) is 29.1 Å². The summed E-state index contributed by atoms with van der Waals surface area (Å²) in [6.45, 7) is 1.49. The Morgan fingerprint density at radius 1 is 1.00 bits per heavy atom. The van der Waals surface area contributed by atoms with Crippen LogP contribution in [0.5, 0.6) is 0 Å². The van der Waals surface area contributed by atoms with Gasteiger partial charge in [-0.05, 0) is 59.8 Å². The van der Waals surface area contributed by atoms with Crippen LogP contribution >= 0.6 is 0 Å². The van der Waals surface area contributed by atoms with Crippen molar-refractivity contribution in [2.75, 3.05) is 7.11 Å². The van der Waals surface area contributed by atoms with E-state index in [1.807, 2.05) is 25.1 Å². The van der Waals surface area contributed by atoms with Gasteiger partial charge in [0.25, 0.3) is 5.56 Å². The van der Waals surface area contributed by atoms with Gasteiger partial charge in [0, 0.05) is 24.2 Å². The van der Waals surface area contributed by atoms with Crippen LogP contribution in [0, 0.1) is 12.7 Å². The maximum atomic E-state index is 13.8. The second-order valence-corrected chi connectivity index (χ2v) is 10.0. The zero-order valence-corrected chi connectivity index (χ0v) is 19.9. The average molecular weight is 495 g/mol. The molecule has 1 N–H and O–H groups in total. The van der Waals surface area contributed by atoms with E-state index in [1.54, 1.807) is 6.07 Å². The first-order chi connectivity index (χ1) is 16.7. The molecular weight excluding hydrogens is 471 g/mol. The van der Waals surface area contributed by atoms with Gasteiger partial charge in [0.05, 0.1) is 17.6 Å². The van der Waals surface area contributed by atoms with Crippen LogP contribution in [0.2, 0.25) is 0 Å². The number of sulfonamides is 1. The number of esters is 1. The lowest BCUT2D eigenvalue weighted by Crippen LogP contribution is -2.33. The normalized spacial score (nSPS) is 11.7. The number of benzene rings is 3. The van der Waals surface area contributed by atoms with Crippen molar-refractivity contribution in [3.8, 4) is 0 Å². The number of H-pyrrole nitrogens is 1. The first-order valence-corrected chi connectivity index (χ1v) is 12.2. The van der Waals surface area contributed by atoms with Crippen molar-refractivity contribution in [2.45, 2.75) is 24.9 Å². The fourth-order valence-corrected chi connectivity index (χ4v) is 5.38. The Morgan fingerprint density at radius 2 is 1.71 bits per heavy atom. The van der Waals surface area contributed by atoms with E-state index in [2.05, 4.69) is 4.98 Å². The average Bonchev–Trinajstić information content (AvgIpc) is 2.84. The van der Waals surface area contributed by atoms with Gasteiger partial charge in [-0.3, -0.25) is 4.79 Å². The molecule has 0 spiro atoms. The van der Waals surface area contributed by atoms with Crippen LogP contribution in [0.4, 0.5) is 4.39 Å². The molecule has 0 fully saturated rings. The number of carbonyl (C=O) groups excluding carboxylic acids is 1. The number of halogens is 1. The molecule has 1 aromatic heterocycles. The minimum atomic E-state index is -4.28. The van der Waals surface area contributed by atoms with Crippen LogP contribution in [0.3, 0.4) is 0 Å². The van der Waals surface area contributed by atoms with E-state index < -0.39 is 27.4 Å². The number of rotatable bonds is 7. The summed E-state index contributed by atoms with van der Waals surface area (Å²) in [6.07, 6.45) is 0. The monoisotopic (exact) mass is 494 g/mol. The third-order valence-corrected chi connectivity index (χ3v) is 7.46. The number of nitrogens with zero attached hydrogens (tertiary/aromatic N) is 1. The third kappa shape index (κ3) is 5.16. The summed E-state index contributed by atoms with van der Waals surface area (Å²) in [5, 5.41) is 0.749. The second kappa shape index (κ2) is 9.81. The van der Waals surface area contributed by atoms with Crippen molar-refractivity contribution in [1.29, 1.82) is 0 Å². The molecule has 0 saturated carbocycles. The van der Waals surface area contributed by atoms with Crippen molar-refractivity contribution in [2.24, 2.45) is 0 Å². The van der Waals surface area contributed by atoms with Crippen LogP contribution in [0.15, 0.2) is 82.5 Å².